The molecule has 0 radical (unpaired) electrons. The summed E-state index contributed by atoms with van der Waals surface area (Å²) in [4.78, 5) is 1.72. The Bertz CT molecular complexity index is 1250. The van der Waals surface area contributed by atoms with Gasteiger partial charge in [-0.15, -0.1) is 0 Å². The van der Waals surface area contributed by atoms with Gasteiger partial charge in [-0.25, -0.2) is 12.4 Å². The third kappa shape index (κ3) is 3.53. The minimum absolute atomic E-state index is 0.00500. The molecule has 0 spiro atoms. The van der Waals surface area contributed by atoms with E-state index < -0.39 is 21.9 Å². The molecule has 1 aliphatic rings. The van der Waals surface area contributed by atoms with Crippen LogP contribution in [0.1, 0.15) is 17.7 Å². The highest BCUT2D eigenvalue weighted by Crippen LogP contribution is 2.44. The number of para-hydroxylation sites is 1. The third-order valence-electron chi connectivity index (χ3n) is 5.19. The average molecular weight is 455 g/mol. The summed E-state index contributed by atoms with van der Waals surface area (Å²) in [6, 6.07) is 11.2. The lowest BCUT2D eigenvalue weighted by molar-refractivity contribution is -0.141. The molecular formula is C21H18ClF3N2O2S. The Morgan fingerprint density at radius 3 is 2.30 bits per heavy atom. The number of halogens is 4. The standard InChI is InChI=1S/C21H18ClF3N2O2S/c1-26-12-10-14(11-13-26)19-17-4-2-3-5-18(17)27(20(19)21(23,24)25)30(28,29)16-8-6-15(22)7-9-16/h2-10H,11-13H2,1H3. The highest BCUT2D eigenvalue weighted by molar-refractivity contribution is 7.90. The summed E-state index contributed by atoms with van der Waals surface area (Å²) < 4.78 is 70.2. The molecule has 0 atom stereocenters. The Labute approximate surface area is 177 Å². The van der Waals surface area contributed by atoms with Gasteiger partial charge in [0, 0.05) is 29.1 Å². The lowest BCUT2D eigenvalue weighted by Crippen LogP contribution is -2.25. The van der Waals surface area contributed by atoms with Crippen molar-refractivity contribution < 1.29 is 21.6 Å². The van der Waals surface area contributed by atoms with Crippen molar-refractivity contribution in [1.82, 2.24) is 8.87 Å². The van der Waals surface area contributed by atoms with Gasteiger partial charge in [0.25, 0.3) is 10.0 Å². The summed E-state index contributed by atoms with van der Waals surface area (Å²) >= 11 is 5.83. The molecule has 4 nitrogen and oxygen atoms in total. The van der Waals surface area contributed by atoms with E-state index in [1.807, 2.05) is 11.9 Å². The highest BCUT2D eigenvalue weighted by atomic mass is 35.5. The van der Waals surface area contributed by atoms with Crippen LogP contribution in [-0.4, -0.2) is 37.4 Å². The Morgan fingerprint density at radius 2 is 1.70 bits per heavy atom. The van der Waals surface area contributed by atoms with Gasteiger partial charge in [-0.3, -0.25) is 0 Å². The van der Waals surface area contributed by atoms with Crippen LogP contribution in [0.25, 0.3) is 16.5 Å². The summed E-state index contributed by atoms with van der Waals surface area (Å²) in [5.74, 6) is 0. The molecule has 0 fully saturated rings. The van der Waals surface area contributed by atoms with Crippen LogP contribution >= 0.6 is 11.6 Å². The summed E-state index contributed by atoms with van der Waals surface area (Å²) in [6.45, 7) is 1.09. The van der Waals surface area contributed by atoms with Crippen LogP contribution in [0.2, 0.25) is 5.02 Å². The number of fused-ring (bicyclic) bond motifs is 1. The fourth-order valence-corrected chi connectivity index (χ4v) is 5.42. The number of aromatic nitrogens is 1. The maximum Gasteiger partial charge on any atom is 0.433 e. The van der Waals surface area contributed by atoms with E-state index in [4.69, 9.17) is 11.6 Å². The van der Waals surface area contributed by atoms with E-state index >= 15 is 0 Å². The van der Waals surface area contributed by atoms with Crippen molar-refractivity contribution in [2.75, 3.05) is 20.1 Å². The smallest absolute Gasteiger partial charge is 0.302 e. The van der Waals surface area contributed by atoms with Gasteiger partial charge in [-0.05, 0) is 49.4 Å². The van der Waals surface area contributed by atoms with Crippen molar-refractivity contribution in [3.63, 3.8) is 0 Å². The highest BCUT2D eigenvalue weighted by Gasteiger charge is 2.43. The zero-order chi connectivity index (χ0) is 21.7. The molecule has 1 aromatic heterocycles. The third-order valence-corrected chi connectivity index (χ3v) is 7.17. The number of nitrogens with zero attached hydrogens (tertiary/aromatic N) is 2. The molecular weight excluding hydrogens is 437 g/mol. The predicted molar refractivity (Wildman–Crippen MR) is 111 cm³/mol. The summed E-state index contributed by atoms with van der Waals surface area (Å²) in [5.41, 5.74) is -0.741. The molecule has 1 aliphatic heterocycles. The van der Waals surface area contributed by atoms with Crippen LogP contribution in [0.15, 0.2) is 59.5 Å². The molecule has 0 saturated carbocycles. The maximum absolute atomic E-state index is 14.3. The van der Waals surface area contributed by atoms with Crippen molar-refractivity contribution in [1.29, 1.82) is 0 Å². The van der Waals surface area contributed by atoms with E-state index in [0.717, 1.165) is 0 Å². The minimum atomic E-state index is -4.88. The second-order valence-corrected chi connectivity index (χ2v) is 9.43. The molecule has 0 N–H and O–H groups in total. The van der Waals surface area contributed by atoms with Crippen LogP contribution < -0.4 is 0 Å². The largest absolute Gasteiger partial charge is 0.433 e. The van der Waals surface area contributed by atoms with Gasteiger partial charge in [-0.2, -0.15) is 13.2 Å². The monoisotopic (exact) mass is 454 g/mol. The van der Waals surface area contributed by atoms with E-state index in [9.17, 15) is 21.6 Å². The van der Waals surface area contributed by atoms with Crippen molar-refractivity contribution in [3.05, 3.63) is 70.9 Å². The van der Waals surface area contributed by atoms with Crippen LogP contribution in [0, 0.1) is 0 Å². The van der Waals surface area contributed by atoms with Crippen molar-refractivity contribution >= 4 is 38.1 Å². The first kappa shape index (κ1) is 21.0. The fourth-order valence-electron chi connectivity index (χ4n) is 3.75. The number of alkyl halides is 3. The number of likely N-dealkylation sites (N-methyl/N-ethyl adjacent to an activating group) is 1. The maximum atomic E-state index is 14.3. The van der Waals surface area contributed by atoms with Gasteiger partial charge < -0.3 is 4.90 Å². The number of hydrogen-bond donors (Lipinski definition) is 0. The zero-order valence-electron chi connectivity index (χ0n) is 15.9. The molecule has 0 aliphatic carbocycles. The van der Waals surface area contributed by atoms with E-state index in [-0.39, 0.29) is 21.4 Å². The summed E-state index contributed by atoms with van der Waals surface area (Å²) in [7, 11) is -2.64. The molecule has 0 unspecified atom stereocenters. The van der Waals surface area contributed by atoms with Gasteiger partial charge in [0.15, 0.2) is 0 Å². The molecule has 2 heterocycles. The van der Waals surface area contributed by atoms with E-state index in [1.165, 1.54) is 42.5 Å². The predicted octanol–water partition coefficient (Wildman–Crippen LogP) is 5.27. The fraction of sp³-hybridized carbons (Fsp3) is 0.238. The van der Waals surface area contributed by atoms with E-state index in [1.54, 1.807) is 12.1 Å². The second kappa shape index (κ2) is 7.44. The minimum Gasteiger partial charge on any atom is -0.302 e. The average Bonchev–Trinajstić information content (AvgIpc) is 3.05. The Kier molecular flexibility index (Phi) is 5.20. The Morgan fingerprint density at radius 1 is 1.03 bits per heavy atom. The van der Waals surface area contributed by atoms with Crippen molar-refractivity contribution in [2.24, 2.45) is 0 Å². The van der Waals surface area contributed by atoms with Crippen LogP contribution in [0.4, 0.5) is 13.2 Å². The Hall–Kier alpha value is -2.29. The van der Waals surface area contributed by atoms with Crippen LogP contribution in [0.3, 0.4) is 0 Å². The van der Waals surface area contributed by atoms with Crippen molar-refractivity contribution in [3.8, 4) is 0 Å². The first-order valence-electron chi connectivity index (χ1n) is 9.20. The number of hydrogen-bond acceptors (Lipinski definition) is 3. The zero-order valence-corrected chi connectivity index (χ0v) is 17.5. The first-order valence-corrected chi connectivity index (χ1v) is 11.0. The summed E-state index contributed by atoms with van der Waals surface area (Å²) in [5, 5.41) is 0.553. The molecule has 3 aromatic rings. The van der Waals surface area contributed by atoms with Gasteiger partial charge >= 0.3 is 6.18 Å². The first-order chi connectivity index (χ1) is 14.1. The van der Waals surface area contributed by atoms with Gasteiger partial charge in [-0.1, -0.05) is 35.9 Å². The van der Waals surface area contributed by atoms with Gasteiger partial charge in [0.2, 0.25) is 0 Å². The van der Waals surface area contributed by atoms with Crippen molar-refractivity contribution in [2.45, 2.75) is 17.5 Å². The van der Waals surface area contributed by atoms with Gasteiger partial charge in [0.1, 0.15) is 5.69 Å². The number of rotatable bonds is 3. The molecule has 4 rings (SSSR count). The molecule has 0 amide bonds. The molecule has 0 bridgehead atoms. The van der Waals surface area contributed by atoms with Gasteiger partial charge in [0.05, 0.1) is 10.4 Å². The lowest BCUT2D eigenvalue weighted by atomic mass is 9.96. The molecule has 0 saturated heterocycles. The molecule has 30 heavy (non-hydrogen) atoms. The normalized spacial score (nSPS) is 16.1. The number of benzene rings is 2. The van der Waals surface area contributed by atoms with Crippen LogP contribution in [-0.2, 0) is 16.2 Å². The van der Waals surface area contributed by atoms with E-state index in [0.29, 0.717) is 34.1 Å². The topological polar surface area (TPSA) is 42.3 Å². The molecule has 2 aromatic carbocycles. The summed E-state index contributed by atoms with van der Waals surface area (Å²) in [6.07, 6.45) is -2.74. The second-order valence-electron chi connectivity index (χ2n) is 7.20. The van der Waals surface area contributed by atoms with E-state index in [2.05, 4.69) is 0 Å². The SMILES string of the molecule is CN1CC=C(c2c(C(F)(F)F)n(S(=O)(=O)c3ccc(Cl)cc3)c3ccccc23)CC1. The van der Waals surface area contributed by atoms with Crippen LogP contribution in [0.5, 0.6) is 0 Å². The molecule has 9 heteroatoms. The quantitative estimate of drug-likeness (QED) is 0.541. The Balaban J connectivity index is 2.09. The molecule has 158 valence electrons. The lowest BCUT2D eigenvalue weighted by Gasteiger charge is -2.23.